The van der Waals surface area contributed by atoms with Crippen LogP contribution < -0.4 is 10.6 Å². The summed E-state index contributed by atoms with van der Waals surface area (Å²) in [7, 11) is 0. The fraction of sp³-hybridized carbons (Fsp3) is 0.200. The molecule has 0 saturated heterocycles. The van der Waals surface area contributed by atoms with E-state index >= 15 is 0 Å². The van der Waals surface area contributed by atoms with E-state index in [0.717, 1.165) is 27.6 Å². The maximum absolute atomic E-state index is 13.6. The van der Waals surface area contributed by atoms with Crippen LogP contribution in [0.15, 0.2) is 78.6 Å². The quantitative estimate of drug-likeness (QED) is 0.677. The number of carbonyl (C=O) groups is 2. The molecule has 3 amide bonds. The number of fused-ring (bicyclic) bond motifs is 2. The molecule has 0 unspecified atom stereocenters. The summed E-state index contributed by atoms with van der Waals surface area (Å²) >= 11 is 0. The largest absolute Gasteiger partial charge is 0.336 e. The Morgan fingerprint density at radius 1 is 0.933 bits per heavy atom. The minimum Gasteiger partial charge on any atom is -0.336 e. The van der Waals surface area contributed by atoms with E-state index in [2.05, 4.69) is 16.7 Å². The van der Waals surface area contributed by atoms with Crippen LogP contribution >= 0.6 is 0 Å². The van der Waals surface area contributed by atoms with Gasteiger partial charge in [-0.3, -0.25) is 4.79 Å². The third kappa shape index (κ3) is 4.06. The van der Waals surface area contributed by atoms with Crippen LogP contribution in [-0.2, 0) is 13.0 Å². The smallest absolute Gasteiger partial charge is 0.319 e. The van der Waals surface area contributed by atoms with Crippen molar-refractivity contribution in [3.63, 3.8) is 0 Å². The highest BCUT2D eigenvalue weighted by Gasteiger charge is 2.27. The van der Waals surface area contributed by atoms with Gasteiger partial charge in [0.25, 0.3) is 5.91 Å². The van der Waals surface area contributed by atoms with Crippen LogP contribution in [0.3, 0.4) is 0 Å². The first kappa shape index (κ1) is 19.7. The van der Waals surface area contributed by atoms with Gasteiger partial charge < -0.3 is 15.5 Å². The maximum atomic E-state index is 13.6. The van der Waals surface area contributed by atoms with Crippen molar-refractivity contribution in [1.29, 1.82) is 0 Å². The summed E-state index contributed by atoms with van der Waals surface area (Å²) in [6, 6.07) is 21.5. The number of amides is 3. The lowest BCUT2D eigenvalue weighted by Gasteiger charge is -2.32. The zero-order chi connectivity index (χ0) is 21.1. The van der Waals surface area contributed by atoms with Crippen LogP contribution in [0, 0.1) is 0 Å². The Hall–Kier alpha value is -3.60. The van der Waals surface area contributed by atoms with Gasteiger partial charge in [-0.25, -0.2) is 4.79 Å². The molecule has 3 aromatic carbocycles. The summed E-state index contributed by atoms with van der Waals surface area (Å²) in [4.78, 5) is 27.5. The van der Waals surface area contributed by atoms with Gasteiger partial charge >= 0.3 is 6.03 Å². The molecule has 1 aliphatic rings. The van der Waals surface area contributed by atoms with E-state index in [1.165, 1.54) is 0 Å². The normalized spacial score (nSPS) is 14.6. The minimum absolute atomic E-state index is 0.0314. The Bertz CT molecular complexity index is 1130. The molecule has 0 aromatic heterocycles. The summed E-state index contributed by atoms with van der Waals surface area (Å²) in [6.07, 6.45) is 2.23. The van der Waals surface area contributed by atoms with Crippen LogP contribution in [0.1, 0.15) is 35.3 Å². The van der Waals surface area contributed by atoms with Crippen LogP contribution in [0.2, 0.25) is 0 Å². The number of hydrogen-bond donors (Lipinski definition) is 2. The van der Waals surface area contributed by atoms with E-state index in [1.807, 2.05) is 74.5 Å². The van der Waals surface area contributed by atoms with Gasteiger partial charge in [-0.1, -0.05) is 60.7 Å². The van der Waals surface area contributed by atoms with Crippen LogP contribution in [-0.4, -0.2) is 22.9 Å². The highest BCUT2D eigenvalue weighted by Crippen LogP contribution is 2.29. The summed E-state index contributed by atoms with van der Waals surface area (Å²) in [5, 5.41) is 7.54. The Labute approximate surface area is 176 Å². The number of benzene rings is 3. The molecular weight excluding hydrogens is 374 g/mol. The molecule has 0 fully saturated rings. The van der Waals surface area contributed by atoms with Crippen molar-refractivity contribution in [2.75, 3.05) is 0 Å². The van der Waals surface area contributed by atoms with Crippen molar-refractivity contribution < 1.29 is 9.59 Å². The molecule has 0 saturated carbocycles. The average Bonchev–Trinajstić information content (AvgIpc) is 2.75. The van der Waals surface area contributed by atoms with E-state index in [-0.39, 0.29) is 18.0 Å². The number of carbonyl (C=O) groups excluding carboxylic acids is 2. The van der Waals surface area contributed by atoms with E-state index in [4.69, 9.17) is 0 Å². The van der Waals surface area contributed by atoms with Crippen molar-refractivity contribution >= 4 is 22.7 Å². The Kier molecular flexibility index (Phi) is 5.53. The zero-order valence-corrected chi connectivity index (χ0v) is 17.2. The van der Waals surface area contributed by atoms with E-state index < -0.39 is 0 Å². The molecule has 30 heavy (non-hydrogen) atoms. The molecule has 1 aliphatic heterocycles. The first-order valence-electron chi connectivity index (χ1n) is 10.2. The van der Waals surface area contributed by atoms with Gasteiger partial charge in [-0.2, -0.15) is 0 Å². The second-order valence-electron chi connectivity index (χ2n) is 7.77. The minimum atomic E-state index is -0.283. The van der Waals surface area contributed by atoms with Crippen LogP contribution in [0.4, 0.5) is 4.79 Å². The van der Waals surface area contributed by atoms with E-state index in [9.17, 15) is 9.59 Å². The van der Waals surface area contributed by atoms with Gasteiger partial charge in [0.05, 0.1) is 6.54 Å². The van der Waals surface area contributed by atoms with Gasteiger partial charge in [-0.05, 0) is 41.8 Å². The fourth-order valence-electron chi connectivity index (χ4n) is 3.79. The van der Waals surface area contributed by atoms with Crippen molar-refractivity contribution in [2.45, 2.75) is 32.9 Å². The first-order valence-corrected chi connectivity index (χ1v) is 10.2. The SMILES string of the molecule is CC(C)NC(=O)NC=C1Cc2ccccc2CN1C(=O)c1cccc2ccccc12. The molecule has 5 heteroatoms. The highest BCUT2D eigenvalue weighted by atomic mass is 16.2. The second kappa shape index (κ2) is 8.41. The first-order chi connectivity index (χ1) is 14.5. The molecule has 2 N–H and O–H groups in total. The van der Waals surface area contributed by atoms with Gasteiger partial charge in [0.2, 0.25) is 0 Å². The molecule has 1 heterocycles. The third-order valence-electron chi connectivity index (χ3n) is 5.22. The second-order valence-corrected chi connectivity index (χ2v) is 7.77. The van der Waals surface area contributed by atoms with Crippen molar-refractivity contribution in [2.24, 2.45) is 0 Å². The van der Waals surface area contributed by atoms with E-state index in [1.54, 1.807) is 11.1 Å². The molecule has 4 rings (SSSR count). The summed E-state index contributed by atoms with van der Waals surface area (Å²) in [5.41, 5.74) is 3.71. The number of urea groups is 1. The number of allylic oxidation sites excluding steroid dienone is 1. The fourth-order valence-corrected chi connectivity index (χ4v) is 3.79. The molecule has 0 aliphatic carbocycles. The lowest BCUT2D eigenvalue weighted by atomic mass is 9.96. The number of nitrogens with zero attached hydrogens (tertiary/aromatic N) is 1. The standard InChI is InChI=1S/C25H25N3O2/c1-17(2)27-25(30)26-15-21-14-19-9-3-4-10-20(19)16-28(21)24(29)23-13-7-11-18-8-5-6-12-22(18)23/h3-13,15,17H,14,16H2,1-2H3,(H2,26,27,30). The maximum Gasteiger partial charge on any atom is 0.319 e. The lowest BCUT2D eigenvalue weighted by molar-refractivity contribution is 0.0787. The van der Waals surface area contributed by atoms with Gasteiger partial charge in [0, 0.05) is 29.9 Å². The average molecular weight is 399 g/mol. The number of nitrogens with one attached hydrogen (secondary N) is 2. The lowest BCUT2D eigenvalue weighted by Crippen LogP contribution is -2.39. The zero-order valence-electron chi connectivity index (χ0n) is 17.2. The van der Waals surface area contributed by atoms with Crippen molar-refractivity contribution in [1.82, 2.24) is 15.5 Å². The van der Waals surface area contributed by atoms with Crippen LogP contribution in [0.5, 0.6) is 0 Å². The molecule has 0 atom stereocenters. The monoisotopic (exact) mass is 399 g/mol. The Morgan fingerprint density at radius 3 is 2.43 bits per heavy atom. The third-order valence-corrected chi connectivity index (χ3v) is 5.22. The molecule has 3 aromatic rings. The van der Waals surface area contributed by atoms with Crippen LogP contribution in [0.25, 0.3) is 10.8 Å². The Balaban J connectivity index is 1.70. The predicted octanol–water partition coefficient (Wildman–Crippen LogP) is 4.59. The molecule has 0 radical (unpaired) electrons. The molecule has 5 nitrogen and oxygen atoms in total. The number of hydrogen-bond acceptors (Lipinski definition) is 2. The topological polar surface area (TPSA) is 61.4 Å². The molecule has 0 spiro atoms. The van der Waals surface area contributed by atoms with E-state index in [0.29, 0.717) is 18.5 Å². The highest BCUT2D eigenvalue weighted by molar-refractivity contribution is 6.07. The van der Waals surface area contributed by atoms with Gasteiger partial charge in [0.15, 0.2) is 0 Å². The van der Waals surface area contributed by atoms with Gasteiger partial charge in [0.1, 0.15) is 0 Å². The number of rotatable bonds is 3. The summed E-state index contributed by atoms with van der Waals surface area (Å²) in [5.74, 6) is -0.0707. The summed E-state index contributed by atoms with van der Waals surface area (Å²) < 4.78 is 0. The van der Waals surface area contributed by atoms with Gasteiger partial charge in [-0.15, -0.1) is 0 Å². The van der Waals surface area contributed by atoms with Crippen molar-refractivity contribution in [3.8, 4) is 0 Å². The molecular formula is C25H25N3O2. The summed E-state index contributed by atoms with van der Waals surface area (Å²) in [6.45, 7) is 4.28. The Morgan fingerprint density at radius 2 is 1.63 bits per heavy atom. The molecule has 152 valence electrons. The predicted molar refractivity (Wildman–Crippen MR) is 119 cm³/mol. The van der Waals surface area contributed by atoms with Crippen molar-refractivity contribution in [3.05, 3.63) is 95.3 Å². The molecule has 0 bridgehead atoms.